The molecular formula is C10H7BrFN3O2. The maximum Gasteiger partial charge on any atom is 0.328 e. The number of aryl methyl sites for hydroxylation is 1. The Labute approximate surface area is 104 Å². The summed E-state index contributed by atoms with van der Waals surface area (Å²) in [6, 6.07) is 3.78. The van der Waals surface area contributed by atoms with E-state index >= 15 is 0 Å². The van der Waals surface area contributed by atoms with Gasteiger partial charge in [-0.1, -0.05) is 5.16 Å². The average molecular weight is 300 g/mol. The molecule has 0 radical (unpaired) electrons. The molecule has 0 unspecified atom stereocenters. The highest BCUT2D eigenvalue weighted by atomic mass is 79.9. The monoisotopic (exact) mass is 299 g/mol. The molecule has 5 nitrogen and oxygen atoms in total. The molecule has 0 atom stereocenters. The van der Waals surface area contributed by atoms with E-state index in [2.05, 4.69) is 31.4 Å². The van der Waals surface area contributed by atoms with Crippen LogP contribution in [0, 0.1) is 12.7 Å². The number of rotatable bonds is 2. The van der Waals surface area contributed by atoms with Crippen molar-refractivity contribution in [2.75, 3.05) is 5.32 Å². The van der Waals surface area contributed by atoms with Crippen LogP contribution in [0.25, 0.3) is 0 Å². The van der Waals surface area contributed by atoms with Crippen LogP contribution in [0.15, 0.2) is 27.2 Å². The van der Waals surface area contributed by atoms with Crippen LogP contribution in [-0.2, 0) is 0 Å². The summed E-state index contributed by atoms with van der Waals surface area (Å²) in [6.07, 6.45) is 0. The van der Waals surface area contributed by atoms with Gasteiger partial charge in [-0.05, 0) is 41.1 Å². The first-order valence-corrected chi connectivity index (χ1v) is 5.42. The van der Waals surface area contributed by atoms with Crippen molar-refractivity contribution in [3.05, 3.63) is 39.9 Å². The SMILES string of the molecule is Cc1noc(NC(=O)c2cc(F)ccc2Br)n1. The third kappa shape index (κ3) is 2.68. The Morgan fingerprint density at radius 2 is 2.29 bits per heavy atom. The maximum absolute atomic E-state index is 13.0. The molecule has 0 aliphatic rings. The van der Waals surface area contributed by atoms with Gasteiger partial charge in [-0.15, -0.1) is 0 Å². The van der Waals surface area contributed by atoms with Crippen LogP contribution in [0.1, 0.15) is 16.2 Å². The van der Waals surface area contributed by atoms with Crippen LogP contribution < -0.4 is 5.32 Å². The van der Waals surface area contributed by atoms with E-state index < -0.39 is 11.7 Å². The fraction of sp³-hybridized carbons (Fsp3) is 0.100. The molecule has 0 saturated carbocycles. The van der Waals surface area contributed by atoms with Crippen molar-refractivity contribution >= 4 is 27.9 Å². The molecule has 0 aliphatic heterocycles. The fourth-order valence-corrected chi connectivity index (χ4v) is 1.61. The summed E-state index contributed by atoms with van der Waals surface area (Å²) in [7, 11) is 0. The van der Waals surface area contributed by atoms with Gasteiger partial charge in [0.15, 0.2) is 5.82 Å². The van der Waals surface area contributed by atoms with Gasteiger partial charge in [-0.3, -0.25) is 10.1 Å². The summed E-state index contributed by atoms with van der Waals surface area (Å²) in [6.45, 7) is 1.62. The van der Waals surface area contributed by atoms with Gasteiger partial charge < -0.3 is 4.52 Å². The number of carbonyl (C=O) groups excluding carboxylic acids is 1. The normalized spacial score (nSPS) is 10.3. The first-order chi connectivity index (χ1) is 8.06. The van der Waals surface area contributed by atoms with E-state index in [9.17, 15) is 9.18 Å². The van der Waals surface area contributed by atoms with Crippen LogP contribution in [0.3, 0.4) is 0 Å². The van der Waals surface area contributed by atoms with Gasteiger partial charge in [0.2, 0.25) is 0 Å². The highest BCUT2D eigenvalue weighted by molar-refractivity contribution is 9.10. The predicted octanol–water partition coefficient (Wildman–Crippen LogP) is 2.53. The minimum atomic E-state index is -0.528. The third-order valence-electron chi connectivity index (χ3n) is 1.92. The Morgan fingerprint density at radius 3 is 2.94 bits per heavy atom. The predicted molar refractivity (Wildman–Crippen MR) is 61.1 cm³/mol. The van der Waals surface area contributed by atoms with Crippen molar-refractivity contribution in [1.29, 1.82) is 0 Å². The highest BCUT2D eigenvalue weighted by Gasteiger charge is 2.14. The Kier molecular flexibility index (Phi) is 3.19. The van der Waals surface area contributed by atoms with E-state index in [1.54, 1.807) is 6.92 Å². The number of amides is 1. The van der Waals surface area contributed by atoms with Crippen LogP contribution in [-0.4, -0.2) is 16.0 Å². The minimum absolute atomic E-state index is 0.0244. The van der Waals surface area contributed by atoms with E-state index in [0.29, 0.717) is 10.3 Å². The number of hydrogen-bond acceptors (Lipinski definition) is 4. The smallest absolute Gasteiger partial charge is 0.315 e. The molecular weight excluding hydrogens is 293 g/mol. The summed E-state index contributed by atoms with van der Waals surface area (Å²) < 4.78 is 18.2. The van der Waals surface area contributed by atoms with Gasteiger partial charge in [-0.2, -0.15) is 4.98 Å². The van der Waals surface area contributed by atoms with E-state index in [1.807, 2.05) is 0 Å². The first-order valence-electron chi connectivity index (χ1n) is 4.63. The van der Waals surface area contributed by atoms with E-state index in [4.69, 9.17) is 4.52 Å². The lowest BCUT2D eigenvalue weighted by molar-refractivity contribution is 0.102. The average Bonchev–Trinajstić information content (AvgIpc) is 2.67. The summed E-state index contributed by atoms with van der Waals surface area (Å²) in [5.41, 5.74) is 0.154. The molecule has 1 aromatic carbocycles. The zero-order chi connectivity index (χ0) is 12.4. The van der Waals surface area contributed by atoms with Crippen molar-refractivity contribution in [3.63, 3.8) is 0 Å². The third-order valence-corrected chi connectivity index (χ3v) is 2.61. The molecule has 1 amide bonds. The molecule has 0 saturated heterocycles. The number of nitrogens with one attached hydrogen (secondary N) is 1. The number of aromatic nitrogens is 2. The lowest BCUT2D eigenvalue weighted by atomic mass is 10.2. The van der Waals surface area contributed by atoms with Crippen molar-refractivity contribution in [2.45, 2.75) is 6.92 Å². The summed E-state index contributed by atoms with van der Waals surface area (Å²) >= 11 is 3.16. The van der Waals surface area contributed by atoms with E-state index in [-0.39, 0.29) is 11.6 Å². The molecule has 2 rings (SSSR count). The molecule has 2 aromatic rings. The van der Waals surface area contributed by atoms with Crippen LogP contribution in [0.2, 0.25) is 0 Å². The van der Waals surface area contributed by atoms with Crippen LogP contribution >= 0.6 is 15.9 Å². The summed E-state index contributed by atoms with van der Waals surface area (Å²) in [5.74, 6) is -0.626. The Bertz CT molecular complexity index is 570. The largest absolute Gasteiger partial charge is 0.328 e. The van der Waals surface area contributed by atoms with Crippen LogP contribution in [0.5, 0.6) is 0 Å². The van der Waals surface area contributed by atoms with Crippen molar-refractivity contribution in [1.82, 2.24) is 10.1 Å². The van der Waals surface area contributed by atoms with E-state index in [1.165, 1.54) is 12.1 Å². The molecule has 1 aromatic heterocycles. The second kappa shape index (κ2) is 4.62. The van der Waals surface area contributed by atoms with Gasteiger partial charge >= 0.3 is 6.01 Å². The zero-order valence-electron chi connectivity index (χ0n) is 8.70. The summed E-state index contributed by atoms with van der Waals surface area (Å²) in [5, 5.41) is 5.89. The fourth-order valence-electron chi connectivity index (χ4n) is 1.18. The Balaban J connectivity index is 2.22. The first kappa shape index (κ1) is 11.7. The minimum Gasteiger partial charge on any atom is -0.315 e. The second-order valence-corrected chi connectivity index (χ2v) is 4.08. The van der Waals surface area contributed by atoms with E-state index in [0.717, 1.165) is 6.07 Å². The van der Waals surface area contributed by atoms with Crippen LogP contribution in [0.4, 0.5) is 10.4 Å². The van der Waals surface area contributed by atoms with Gasteiger partial charge in [0.05, 0.1) is 5.56 Å². The molecule has 88 valence electrons. The number of nitrogens with zero attached hydrogens (tertiary/aromatic N) is 2. The summed E-state index contributed by atoms with van der Waals surface area (Å²) in [4.78, 5) is 15.6. The van der Waals surface area contributed by atoms with Gasteiger partial charge in [0.1, 0.15) is 5.82 Å². The molecule has 7 heteroatoms. The zero-order valence-corrected chi connectivity index (χ0v) is 10.3. The maximum atomic E-state index is 13.0. The second-order valence-electron chi connectivity index (χ2n) is 3.23. The highest BCUT2D eigenvalue weighted by Crippen LogP contribution is 2.19. The Hall–Kier alpha value is -1.76. The molecule has 1 N–H and O–H groups in total. The van der Waals surface area contributed by atoms with Crippen molar-refractivity contribution < 1.29 is 13.7 Å². The number of hydrogen-bond donors (Lipinski definition) is 1. The molecule has 17 heavy (non-hydrogen) atoms. The molecule has 0 aliphatic carbocycles. The lowest BCUT2D eigenvalue weighted by Gasteiger charge is -2.02. The lowest BCUT2D eigenvalue weighted by Crippen LogP contribution is -2.13. The molecule has 0 bridgehead atoms. The van der Waals surface area contributed by atoms with Gasteiger partial charge in [0, 0.05) is 4.47 Å². The van der Waals surface area contributed by atoms with Gasteiger partial charge in [0.25, 0.3) is 5.91 Å². The molecule has 0 fully saturated rings. The molecule has 0 spiro atoms. The topological polar surface area (TPSA) is 68.0 Å². The van der Waals surface area contributed by atoms with Crippen molar-refractivity contribution in [2.24, 2.45) is 0 Å². The van der Waals surface area contributed by atoms with Crippen molar-refractivity contribution in [3.8, 4) is 0 Å². The number of halogens is 2. The number of benzene rings is 1. The number of carbonyl (C=O) groups is 1. The Morgan fingerprint density at radius 1 is 1.53 bits per heavy atom. The number of anilines is 1. The standard InChI is InChI=1S/C10H7BrFN3O2/c1-5-13-10(17-15-5)14-9(16)7-4-6(12)2-3-8(7)11/h2-4H,1H3,(H,13,14,15,16). The molecule has 1 heterocycles. The van der Waals surface area contributed by atoms with Gasteiger partial charge in [-0.25, -0.2) is 4.39 Å². The quantitative estimate of drug-likeness (QED) is 0.925.